The third kappa shape index (κ3) is 16.7. The van der Waals surface area contributed by atoms with E-state index in [0.717, 1.165) is 152 Å². The summed E-state index contributed by atoms with van der Waals surface area (Å²) in [6, 6.07) is 18.0. The first-order valence-corrected chi connectivity index (χ1v) is 39.2. The van der Waals surface area contributed by atoms with Gasteiger partial charge in [-0.1, -0.05) is 37.8 Å². The van der Waals surface area contributed by atoms with Crippen molar-refractivity contribution < 1.29 is 18.6 Å². The van der Waals surface area contributed by atoms with Crippen LogP contribution in [0.2, 0.25) is 5.28 Å². The maximum absolute atomic E-state index is 13.3. The molecule has 8 aromatic rings. The SMILES string of the molecule is COc1cc(N2CCN(C3CCCC3)CC2)c(-c2cnn(C)c2)cc1Cc1ncc(Br)c(Nc2ccc(C)c(C)c2P(C)(C)=O)n1.COc1cc(N2CCN(C3CCCC3)CC2)c(-c2cnn(C)c2)cc1N.Cc1ccc(Nc2nc(Cl)ncc2Br)c(P(C)(C)=O)c1C. The third-order valence-electron chi connectivity index (χ3n) is 18.6. The summed E-state index contributed by atoms with van der Waals surface area (Å²) in [6.45, 7) is 23.7. The molecule has 2 aliphatic carbocycles. The molecule has 19 nitrogen and oxygen atoms in total. The van der Waals surface area contributed by atoms with E-state index in [1.54, 1.807) is 39.9 Å². The Labute approximate surface area is 571 Å². The van der Waals surface area contributed by atoms with Crippen LogP contribution in [-0.4, -0.2) is 155 Å². The lowest BCUT2D eigenvalue weighted by atomic mass is 9.99. The van der Waals surface area contributed by atoms with Crippen LogP contribution >= 0.6 is 57.7 Å². The van der Waals surface area contributed by atoms with E-state index in [1.165, 1.54) is 62.7 Å². The molecule has 496 valence electrons. The Kier molecular flexibility index (Phi) is 22.6. The number of aryl methyl sites for hydroxylation is 4. The highest BCUT2D eigenvalue weighted by Gasteiger charge is 2.31. The van der Waals surface area contributed by atoms with Crippen molar-refractivity contribution in [3.8, 4) is 33.8 Å². The highest BCUT2D eigenvalue weighted by atomic mass is 79.9. The zero-order valence-electron chi connectivity index (χ0n) is 55.9. The van der Waals surface area contributed by atoms with Crippen molar-refractivity contribution in [3.05, 3.63) is 134 Å². The number of methoxy groups -OCH3 is 2. The number of benzene rings is 4. The zero-order valence-corrected chi connectivity index (χ0v) is 61.6. The molecule has 0 radical (unpaired) electrons. The first kappa shape index (κ1) is 69.5. The second-order valence-corrected chi connectivity index (χ2v) is 34.1. The highest BCUT2D eigenvalue weighted by molar-refractivity contribution is 9.11. The van der Waals surface area contributed by atoms with E-state index >= 15 is 0 Å². The number of nitrogens with zero attached hydrogens (tertiary/aromatic N) is 12. The van der Waals surface area contributed by atoms with E-state index in [1.807, 2.05) is 113 Å². The smallest absolute Gasteiger partial charge is 0.224 e. The first-order valence-electron chi connectivity index (χ1n) is 32.1. The second-order valence-electron chi connectivity index (χ2n) is 25.8. The van der Waals surface area contributed by atoms with E-state index in [2.05, 4.69) is 112 Å². The molecule has 0 unspecified atom stereocenters. The maximum atomic E-state index is 13.3. The fourth-order valence-electron chi connectivity index (χ4n) is 13.6. The number of nitrogens with one attached hydrogen (secondary N) is 2. The highest BCUT2D eigenvalue weighted by Crippen LogP contribution is 2.44. The van der Waals surface area contributed by atoms with Gasteiger partial charge in [0.2, 0.25) is 5.28 Å². The van der Waals surface area contributed by atoms with Gasteiger partial charge in [-0.3, -0.25) is 19.2 Å². The number of piperazine rings is 2. The van der Waals surface area contributed by atoms with Crippen LogP contribution in [0.5, 0.6) is 11.5 Å². The summed E-state index contributed by atoms with van der Waals surface area (Å²) in [6.07, 6.45) is 22.7. The van der Waals surface area contributed by atoms with Crippen molar-refractivity contribution in [3.63, 3.8) is 0 Å². The number of rotatable bonds is 16. The minimum absolute atomic E-state index is 0.155. The summed E-state index contributed by atoms with van der Waals surface area (Å²) < 4.78 is 42.6. The number of hydrogen-bond donors (Lipinski definition) is 3. The molecular weight excluding hydrogens is 1360 g/mol. The van der Waals surface area contributed by atoms with Crippen LogP contribution in [0.25, 0.3) is 22.3 Å². The average molecular weight is 1450 g/mol. The first-order chi connectivity index (χ1) is 44.4. The van der Waals surface area contributed by atoms with Gasteiger partial charge >= 0.3 is 0 Å². The molecule has 4 aromatic heterocycles. The van der Waals surface area contributed by atoms with Gasteiger partial charge in [-0.2, -0.15) is 15.2 Å². The molecule has 0 bridgehead atoms. The van der Waals surface area contributed by atoms with E-state index in [-0.39, 0.29) is 5.28 Å². The van der Waals surface area contributed by atoms with E-state index in [4.69, 9.17) is 31.8 Å². The standard InChI is InChI=1S/C35H45BrN7O2P.C20H29N5O.C14H16BrClN3OP/c1-23-11-12-30(34(24(23)2)46(5,6)44)39-35-29(36)21-37-33(40-35)18-25-17-28(26-20-38-41(3)22-26)31(19-32(25)45-4)43-15-13-42(14-16-43)27-9-7-8-10-27;1-23-14-15(13-22-23)17-11-18(21)20(26-2)12-19(17)25-9-7-24(8-10-25)16-5-3-4-6-16;1-8-5-6-11(12(9(8)2)21(3,4)20)18-13-10(15)7-17-14(16)19-13/h11-12,17,19-22,27H,7-10,13-16,18H2,1-6H3,(H,37,39,40);11-14,16H,3-10,21H2,1-2H3;5-7H,1-4H3,(H,17,18,19). The lowest BCUT2D eigenvalue weighted by Crippen LogP contribution is -2.49. The second kappa shape index (κ2) is 30.2. The largest absolute Gasteiger partial charge is 0.496 e. The van der Waals surface area contributed by atoms with Gasteiger partial charge in [0.25, 0.3) is 0 Å². The molecule has 93 heavy (non-hydrogen) atoms. The van der Waals surface area contributed by atoms with Gasteiger partial charge in [0.05, 0.1) is 52.6 Å². The van der Waals surface area contributed by atoms with Crippen LogP contribution in [0.1, 0.15) is 85.0 Å². The van der Waals surface area contributed by atoms with Gasteiger partial charge in [0.15, 0.2) is 0 Å². The van der Waals surface area contributed by atoms with Gasteiger partial charge in [-0.25, -0.2) is 15.0 Å². The molecular formula is C69H90Br2ClN15O4P2. The minimum atomic E-state index is -2.56. The van der Waals surface area contributed by atoms with Gasteiger partial charge in [-0.15, -0.1) is 0 Å². The number of nitrogen functional groups attached to an aromatic ring is 1. The van der Waals surface area contributed by atoms with Crippen LogP contribution in [0.3, 0.4) is 0 Å². The van der Waals surface area contributed by atoms with Gasteiger partial charge in [0.1, 0.15) is 43.2 Å². The molecule has 4 N–H and O–H groups in total. The van der Waals surface area contributed by atoms with Crippen LogP contribution in [-0.2, 0) is 29.6 Å². The minimum Gasteiger partial charge on any atom is -0.496 e. The summed E-state index contributed by atoms with van der Waals surface area (Å²) in [5.74, 6) is 3.39. The van der Waals surface area contributed by atoms with Crippen LogP contribution < -0.4 is 46.2 Å². The Morgan fingerprint density at radius 1 is 0.591 bits per heavy atom. The molecule has 2 saturated heterocycles. The summed E-state index contributed by atoms with van der Waals surface area (Å²) in [5, 5.41) is 17.3. The molecule has 4 aliphatic rings. The Bertz CT molecular complexity index is 4050. The quantitative estimate of drug-likeness (QED) is 0.0468. The third-order valence-corrected chi connectivity index (χ3v) is 23.3. The predicted octanol–water partition coefficient (Wildman–Crippen LogP) is 14.2. The number of aromatic nitrogens is 8. The lowest BCUT2D eigenvalue weighted by molar-refractivity contribution is 0.187. The summed E-state index contributed by atoms with van der Waals surface area (Å²) in [7, 11) is 2.30. The number of anilines is 7. The number of ether oxygens (including phenoxy) is 2. The summed E-state index contributed by atoms with van der Waals surface area (Å²) >= 11 is 12.8. The van der Waals surface area contributed by atoms with Crippen molar-refractivity contribution >= 4 is 108 Å². The summed E-state index contributed by atoms with van der Waals surface area (Å²) in [4.78, 5) is 28.0. The van der Waals surface area contributed by atoms with Crippen molar-refractivity contribution in [2.75, 3.05) is 119 Å². The molecule has 4 aromatic carbocycles. The molecule has 0 spiro atoms. The average Bonchev–Trinajstić information content (AvgIpc) is 1.69. The molecule has 2 aliphatic heterocycles. The number of hydrogen-bond acceptors (Lipinski definition) is 17. The maximum Gasteiger partial charge on any atom is 0.224 e. The number of nitrogens with two attached hydrogens (primary N) is 1. The molecule has 0 amide bonds. The van der Waals surface area contributed by atoms with Crippen LogP contribution in [0.15, 0.2) is 94.7 Å². The van der Waals surface area contributed by atoms with Crippen molar-refractivity contribution in [1.29, 1.82) is 0 Å². The fraction of sp³-hybridized carbons (Fsp3) is 0.449. The van der Waals surface area contributed by atoms with E-state index < -0.39 is 14.3 Å². The molecule has 4 fully saturated rings. The van der Waals surface area contributed by atoms with Gasteiger partial charge in [0, 0.05) is 172 Å². The topological polar surface area (TPSA) is 203 Å². The van der Waals surface area contributed by atoms with Gasteiger partial charge in [-0.05, 0) is 170 Å². The van der Waals surface area contributed by atoms with Gasteiger partial charge < -0.3 is 44.8 Å². The number of halogens is 3. The Morgan fingerprint density at radius 2 is 1.02 bits per heavy atom. The molecule has 0 atom stereocenters. The Hall–Kier alpha value is -6.31. The normalized spacial score (nSPS) is 16.0. The lowest BCUT2D eigenvalue weighted by Gasteiger charge is -2.40. The molecule has 24 heteroatoms. The van der Waals surface area contributed by atoms with Crippen molar-refractivity contribution in [1.82, 2.24) is 49.3 Å². The van der Waals surface area contributed by atoms with Crippen molar-refractivity contribution in [2.24, 2.45) is 14.1 Å². The predicted molar refractivity (Wildman–Crippen MR) is 391 cm³/mol. The van der Waals surface area contributed by atoms with Crippen LogP contribution in [0, 0.1) is 27.7 Å². The summed E-state index contributed by atoms with van der Waals surface area (Å²) in [5.41, 5.74) is 20.5. The Balaban J connectivity index is 0.000000169. The van der Waals surface area contributed by atoms with Crippen LogP contribution in [0.4, 0.5) is 40.1 Å². The van der Waals surface area contributed by atoms with E-state index in [0.29, 0.717) is 34.0 Å². The fourth-order valence-corrected chi connectivity index (χ4v) is 17.7. The zero-order chi connectivity index (χ0) is 66.5. The monoisotopic (exact) mass is 1450 g/mol. The molecule has 12 rings (SSSR count). The van der Waals surface area contributed by atoms with E-state index in [9.17, 15) is 9.13 Å². The van der Waals surface area contributed by atoms with Crippen molar-refractivity contribution in [2.45, 2.75) is 97.6 Å². The molecule has 6 heterocycles. The Morgan fingerprint density at radius 3 is 1.45 bits per heavy atom. The molecule has 2 saturated carbocycles.